The predicted molar refractivity (Wildman–Crippen MR) is 108 cm³/mol. The maximum atomic E-state index is 12.4. The van der Waals surface area contributed by atoms with Crippen molar-refractivity contribution in [3.63, 3.8) is 0 Å². The Morgan fingerprint density at radius 3 is 2.37 bits per heavy atom. The first-order chi connectivity index (χ1) is 12.7. The van der Waals surface area contributed by atoms with Gasteiger partial charge >= 0.3 is 5.69 Å². The van der Waals surface area contributed by atoms with Crippen LogP contribution in [0.3, 0.4) is 0 Å². The monoisotopic (exact) mass is 387 g/mol. The van der Waals surface area contributed by atoms with Crippen LogP contribution in [-0.4, -0.2) is 24.5 Å². The molecule has 0 atom stereocenters. The lowest BCUT2D eigenvalue weighted by atomic mass is 9.87. The summed E-state index contributed by atoms with van der Waals surface area (Å²) in [6, 6.07) is 14.4. The summed E-state index contributed by atoms with van der Waals surface area (Å²) in [7, 11) is -3.56. The lowest BCUT2D eigenvalue weighted by Gasteiger charge is -2.19. The van der Waals surface area contributed by atoms with Crippen molar-refractivity contribution in [2.45, 2.75) is 44.0 Å². The molecular weight excluding hydrogens is 362 g/mol. The third kappa shape index (κ3) is 4.31. The number of nitrogens with one attached hydrogen (secondary N) is 2. The van der Waals surface area contributed by atoms with E-state index < -0.39 is 10.0 Å². The molecule has 0 spiro atoms. The van der Waals surface area contributed by atoms with Gasteiger partial charge in [-0.3, -0.25) is 4.57 Å². The molecule has 27 heavy (non-hydrogen) atoms. The molecule has 0 fully saturated rings. The van der Waals surface area contributed by atoms with Gasteiger partial charge in [0.15, 0.2) is 0 Å². The minimum atomic E-state index is -3.56. The number of aromatic amines is 1. The lowest BCUT2D eigenvalue weighted by molar-refractivity contribution is 0.568. The Kier molecular flexibility index (Phi) is 5.26. The summed E-state index contributed by atoms with van der Waals surface area (Å²) in [5.41, 5.74) is 2.48. The van der Waals surface area contributed by atoms with Gasteiger partial charge in [0.05, 0.1) is 15.9 Å². The summed E-state index contributed by atoms with van der Waals surface area (Å²) in [5.74, 6) is 0. The van der Waals surface area contributed by atoms with E-state index in [1.54, 1.807) is 16.7 Å². The molecule has 0 amide bonds. The van der Waals surface area contributed by atoms with Crippen molar-refractivity contribution in [1.29, 1.82) is 0 Å². The van der Waals surface area contributed by atoms with Crippen LogP contribution in [0, 0.1) is 0 Å². The number of aromatic nitrogens is 2. The molecule has 2 aromatic carbocycles. The predicted octanol–water partition coefficient (Wildman–Crippen LogP) is 3.00. The number of nitrogens with zero attached hydrogens (tertiary/aromatic N) is 1. The fourth-order valence-corrected chi connectivity index (χ4v) is 4.06. The van der Waals surface area contributed by atoms with Crippen molar-refractivity contribution in [3.8, 4) is 0 Å². The third-order valence-electron chi connectivity index (χ3n) is 4.56. The Balaban J connectivity index is 1.62. The van der Waals surface area contributed by atoms with E-state index >= 15 is 0 Å². The highest BCUT2D eigenvalue weighted by molar-refractivity contribution is 7.89. The number of benzene rings is 2. The Morgan fingerprint density at radius 1 is 1.04 bits per heavy atom. The molecule has 3 aromatic rings. The molecule has 1 aromatic heterocycles. The van der Waals surface area contributed by atoms with E-state index in [1.165, 1.54) is 0 Å². The van der Waals surface area contributed by atoms with E-state index in [0.29, 0.717) is 13.0 Å². The summed E-state index contributed by atoms with van der Waals surface area (Å²) in [4.78, 5) is 15.1. The van der Waals surface area contributed by atoms with E-state index in [2.05, 4.69) is 30.5 Å². The van der Waals surface area contributed by atoms with Gasteiger partial charge in [0, 0.05) is 13.1 Å². The zero-order valence-electron chi connectivity index (χ0n) is 15.8. The van der Waals surface area contributed by atoms with Gasteiger partial charge in [-0.25, -0.2) is 17.9 Å². The van der Waals surface area contributed by atoms with Crippen molar-refractivity contribution in [2.24, 2.45) is 0 Å². The van der Waals surface area contributed by atoms with E-state index in [9.17, 15) is 13.2 Å². The van der Waals surface area contributed by atoms with Crippen LogP contribution in [0.5, 0.6) is 0 Å². The number of fused-ring (bicyclic) bond motifs is 1. The molecule has 1 heterocycles. The Bertz CT molecular complexity index is 1090. The van der Waals surface area contributed by atoms with Gasteiger partial charge < -0.3 is 4.98 Å². The third-order valence-corrected chi connectivity index (χ3v) is 6.04. The molecule has 0 saturated heterocycles. The number of para-hydroxylation sites is 2. The number of sulfonamides is 1. The number of hydrogen-bond acceptors (Lipinski definition) is 3. The summed E-state index contributed by atoms with van der Waals surface area (Å²) < 4.78 is 29.1. The molecule has 0 unspecified atom stereocenters. The van der Waals surface area contributed by atoms with Crippen molar-refractivity contribution >= 4 is 21.1 Å². The summed E-state index contributed by atoms with van der Waals surface area (Å²) in [6.07, 6.45) is 0.515. The molecular formula is C20H25N3O3S. The van der Waals surface area contributed by atoms with Crippen molar-refractivity contribution in [3.05, 3.63) is 64.6 Å². The first-order valence-corrected chi connectivity index (χ1v) is 10.4. The highest BCUT2D eigenvalue weighted by atomic mass is 32.2. The van der Waals surface area contributed by atoms with Crippen LogP contribution in [0.15, 0.2) is 58.2 Å². The summed E-state index contributed by atoms with van der Waals surface area (Å²) >= 11 is 0. The van der Waals surface area contributed by atoms with Gasteiger partial charge in [-0.15, -0.1) is 0 Å². The Hall–Kier alpha value is -2.38. The van der Waals surface area contributed by atoms with E-state index in [-0.39, 0.29) is 22.5 Å². The lowest BCUT2D eigenvalue weighted by Crippen LogP contribution is -2.27. The Morgan fingerprint density at radius 2 is 1.70 bits per heavy atom. The summed E-state index contributed by atoms with van der Waals surface area (Å²) in [5, 5.41) is 0. The standard InChI is InChI=1S/C20H25N3O3S/c1-20(2,3)15-9-11-16(12-10-15)27(25,26)21-13-6-14-23-18-8-5-4-7-17(18)22-19(23)24/h4-5,7-12,21H,6,13-14H2,1-3H3,(H,22,24). The van der Waals surface area contributed by atoms with Crippen LogP contribution in [0.4, 0.5) is 0 Å². The molecule has 3 rings (SSSR count). The summed E-state index contributed by atoms with van der Waals surface area (Å²) in [6.45, 7) is 6.95. The van der Waals surface area contributed by atoms with Crippen LogP contribution < -0.4 is 10.4 Å². The van der Waals surface area contributed by atoms with Gasteiger partial charge in [0.25, 0.3) is 0 Å². The van der Waals surface area contributed by atoms with E-state index in [0.717, 1.165) is 16.6 Å². The number of aryl methyl sites for hydroxylation is 1. The largest absolute Gasteiger partial charge is 0.326 e. The van der Waals surface area contributed by atoms with Gasteiger partial charge in [0.2, 0.25) is 10.0 Å². The molecule has 6 nitrogen and oxygen atoms in total. The topological polar surface area (TPSA) is 84.0 Å². The molecule has 7 heteroatoms. The van der Waals surface area contributed by atoms with Crippen LogP contribution in [0.1, 0.15) is 32.8 Å². The normalized spacial score (nSPS) is 12.6. The molecule has 0 aliphatic heterocycles. The number of hydrogen-bond donors (Lipinski definition) is 2. The fourth-order valence-electron chi connectivity index (χ4n) is 2.99. The highest BCUT2D eigenvalue weighted by Gasteiger charge is 2.17. The highest BCUT2D eigenvalue weighted by Crippen LogP contribution is 2.23. The van der Waals surface area contributed by atoms with Crippen molar-refractivity contribution in [1.82, 2.24) is 14.3 Å². The second-order valence-electron chi connectivity index (χ2n) is 7.62. The molecule has 0 bridgehead atoms. The SMILES string of the molecule is CC(C)(C)c1ccc(S(=O)(=O)NCCCn2c(=O)[nH]c3ccccc32)cc1. The number of rotatable bonds is 6. The average molecular weight is 388 g/mol. The molecule has 0 radical (unpaired) electrons. The molecule has 144 valence electrons. The average Bonchev–Trinajstić information content (AvgIpc) is 2.93. The van der Waals surface area contributed by atoms with E-state index in [1.807, 2.05) is 36.4 Å². The number of imidazole rings is 1. The maximum absolute atomic E-state index is 12.4. The van der Waals surface area contributed by atoms with Gasteiger partial charge in [-0.2, -0.15) is 0 Å². The zero-order valence-corrected chi connectivity index (χ0v) is 16.6. The maximum Gasteiger partial charge on any atom is 0.326 e. The van der Waals surface area contributed by atoms with Crippen molar-refractivity contribution in [2.75, 3.05) is 6.54 Å². The molecule has 0 aliphatic carbocycles. The van der Waals surface area contributed by atoms with Gasteiger partial charge in [0.1, 0.15) is 0 Å². The van der Waals surface area contributed by atoms with E-state index in [4.69, 9.17) is 0 Å². The van der Waals surface area contributed by atoms with Crippen molar-refractivity contribution < 1.29 is 8.42 Å². The molecule has 2 N–H and O–H groups in total. The first kappa shape index (κ1) is 19.4. The van der Waals surface area contributed by atoms with Gasteiger partial charge in [-0.05, 0) is 41.7 Å². The molecule has 0 saturated carbocycles. The molecule has 0 aliphatic rings. The zero-order chi connectivity index (χ0) is 19.7. The quantitative estimate of drug-likeness (QED) is 0.638. The Labute approximate surface area is 159 Å². The fraction of sp³-hybridized carbons (Fsp3) is 0.350. The second kappa shape index (κ2) is 7.32. The minimum absolute atomic E-state index is 0.0255. The first-order valence-electron chi connectivity index (χ1n) is 8.96. The smallest absolute Gasteiger partial charge is 0.306 e. The minimum Gasteiger partial charge on any atom is -0.306 e. The van der Waals surface area contributed by atoms with Gasteiger partial charge in [-0.1, -0.05) is 45.0 Å². The number of H-pyrrole nitrogens is 1. The second-order valence-corrected chi connectivity index (χ2v) is 9.39. The van der Waals surface area contributed by atoms with Crippen LogP contribution in [-0.2, 0) is 22.0 Å². The van der Waals surface area contributed by atoms with Crippen LogP contribution >= 0.6 is 0 Å². The van der Waals surface area contributed by atoms with Crippen LogP contribution in [0.2, 0.25) is 0 Å². The van der Waals surface area contributed by atoms with Crippen LogP contribution in [0.25, 0.3) is 11.0 Å².